The molecule has 1 N–H and O–H groups in total. The molecule has 0 fully saturated rings. The molecule has 0 aliphatic rings. The Morgan fingerprint density at radius 3 is 2.73 bits per heavy atom. The van der Waals surface area contributed by atoms with Gasteiger partial charge in [0.25, 0.3) is 5.89 Å². The fourth-order valence-electron chi connectivity index (χ4n) is 2.43. The third kappa shape index (κ3) is 1.95. The minimum absolute atomic E-state index is 0.162. The van der Waals surface area contributed by atoms with Gasteiger partial charge in [0.15, 0.2) is 11.3 Å². The minimum Gasteiger partial charge on any atom is -0.478 e. The van der Waals surface area contributed by atoms with Crippen molar-refractivity contribution < 1.29 is 18.7 Å². The van der Waals surface area contributed by atoms with Crippen molar-refractivity contribution in [3.63, 3.8) is 0 Å². The van der Waals surface area contributed by atoms with Gasteiger partial charge in [0.1, 0.15) is 11.1 Å². The number of carboxylic acids is 1. The second-order valence-corrected chi connectivity index (χ2v) is 5.16. The largest absolute Gasteiger partial charge is 0.478 e. The van der Waals surface area contributed by atoms with Crippen molar-refractivity contribution in [3.05, 3.63) is 53.6 Å². The second-order valence-electron chi connectivity index (χ2n) is 5.16. The zero-order valence-electron chi connectivity index (χ0n) is 11.7. The van der Waals surface area contributed by atoms with Crippen LogP contribution >= 0.6 is 0 Å². The Morgan fingerprint density at radius 2 is 1.91 bits per heavy atom. The van der Waals surface area contributed by atoms with Gasteiger partial charge in [-0.05, 0) is 43.3 Å². The molecule has 0 unspecified atom stereocenters. The Labute approximate surface area is 124 Å². The Kier molecular flexibility index (Phi) is 2.56. The molecule has 0 aliphatic heterocycles. The van der Waals surface area contributed by atoms with Gasteiger partial charge in [0.05, 0.1) is 5.56 Å². The van der Waals surface area contributed by atoms with E-state index in [1.165, 1.54) is 12.1 Å². The van der Waals surface area contributed by atoms with Gasteiger partial charge in [-0.1, -0.05) is 11.6 Å². The van der Waals surface area contributed by atoms with Gasteiger partial charge < -0.3 is 13.9 Å². The van der Waals surface area contributed by atoms with Crippen LogP contribution < -0.4 is 0 Å². The Hall–Kier alpha value is -3.08. The quantitative estimate of drug-likeness (QED) is 0.598. The summed E-state index contributed by atoms with van der Waals surface area (Å²) in [4.78, 5) is 15.3. The zero-order valence-corrected chi connectivity index (χ0v) is 11.7. The number of hydrogen-bond donors (Lipinski definition) is 1. The van der Waals surface area contributed by atoms with E-state index in [9.17, 15) is 4.79 Å². The van der Waals surface area contributed by atoms with Gasteiger partial charge in [0, 0.05) is 5.39 Å². The van der Waals surface area contributed by atoms with E-state index in [-0.39, 0.29) is 5.56 Å². The lowest BCUT2D eigenvalue weighted by Crippen LogP contribution is -1.94. The molecule has 0 bridgehead atoms. The van der Waals surface area contributed by atoms with Gasteiger partial charge in [-0.15, -0.1) is 0 Å². The highest BCUT2D eigenvalue weighted by Gasteiger charge is 2.14. The van der Waals surface area contributed by atoms with Crippen LogP contribution in [0.25, 0.3) is 33.7 Å². The van der Waals surface area contributed by atoms with E-state index in [1.807, 2.05) is 31.2 Å². The predicted octanol–water partition coefficient (Wildman–Crippen LogP) is 4.25. The van der Waals surface area contributed by atoms with Gasteiger partial charge >= 0.3 is 5.97 Å². The molecular weight excluding hydrogens is 282 g/mol. The Bertz CT molecular complexity index is 1030. The first-order chi connectivity index (χ1) is 10.6. The summed E-state index contributed by atoms with van der Waals surface area (Å²) < 4.78 is 11.4. The number of benzene rings is 2. The third-order valence-corrected chi connectivity index (χ3v) is 3.52. The van der Waals surface area contributed by atoms with Crippen LogP contribution in [-0.2, 0) is 0 Å². The van der Waals surface area contributed by atoms with Crippen LogP contribution in [0.3, 0.4) is 0 Å². The van der Waals surface area contributed by atoms with Crippen molar-refractivity contribution in [2.24, 2.45) is 0 Å². The number of hydrogen-bond acceptors (Lipinski definition) is 4. The summed E-state index contributed by atoms with van der Waals surface area (Å²) in [6.45, 7) is 2.01. The lowest BCUT2D eigenvalue weighted by Gasteiger charge is -1.91. The van der Waals surface area contributed by atoms with Gasteiger partial charge in [-0.2, -0.15) is 0 Å². The zero-order chi connectivity index (χ0) is 15.3. The van der Waals surface area contributed by atoms with Crippen LogP contribution in [0.5, 0.6) is 0 Å². The van der Waals surface area contributed by atoms with E-state index in [1.54, 1.807) is 6.07 Å². The van der Waals surface area contributed by atoms with Crippen LogP contribution in [0.4, 0.5) is 0 Å². The number of rotatable bonds is 2. The maximum Gasteiger partial charge on any atom is 0.335 e. The molecule has 2 heterocycles. The number of carbonyl (C=O) groups is 1. The average molecular weight is 293 g/mol. The van der Waals surface area contributed by atoms with E-state index in [0.29, 0.717) is 22.8 Å². The molecule has 4 rings (SSSR count). The number of oxazole rings is 1. The molecule has 5 heteroatoms. The Morgan fingerprint density at radius 1 is 1.05 bits per heavy atom. The molecule has 108 valence electrons. The molecule has 2 aromatic carbocycles. The first kappa shape index (κ1) is 12.6. The molecule has 0 atom stereocenters. The highest BCUT2D eigenvalue weighted by molar-refractivity contribution is 5.92. The van der Waals surface area contributed by atoms with E-state index in [0.717, 1.165) is 16.5 Å². The highest BCUT2D eigenvalue weighted by atomic mass is 16.4. The van der Waals surface area contributed by atoms with Gasteiger partial charge in [-0.3, -0.25) is 0 Å². The molecule has 0 saturated carbocycles. The van der Waals surface area contributed by atoms with Crippen LogP contribution in [0.15, 0.2) is 51.3 Å². The third-order valence-electron chi connectivity index (χ3n) is 3.52. The number of fused-ring (bicyclic) bond motifs is 2. The van der Waals surface area contributed by atoms with E-state index < -0.39 is 5.97 Å². The standard InChI is InChI=1S/C17H11NO4/c1-9-2-5-13-11(6-9)8-15(21-13)16-18-12-4-3-10(17(19)20)7-14(12)22-16/h2-8H,1H3,(H,19,20). The summed E-state index contributed by atoms with van der Waals surface area (Å²) >= 11 is 0. The van der Waals surface area contributed by atoms with Crippen LogP contribution in [0.1, 0.15) is 15.9 Å². The minimum atomic E-state index is -1.00. The molecule has 0 saturated heterocycles. The molecule has 0 spiro atoms. The fraction of sp³-hybridized carbons (Fsp3) is 0.0588. The molecule has 4 aromatic rings. The number of nitrogens with zero attached hydrogens (tertiary/aromatic N) is 1. The van der Waals surface area contributed by atoms with E-state index in [4.69, 9.17) is 13.9 Å². The summed E-state index contributed by atoms with van der Waals surface area (Å²) in [6.07, 6.45) is 0. The predicted molar refractivity (Wildman–Crippen MR) is 80.9 cm³/mol. The second kappa shape index (κ2) is 4.46. The Balaban J connectivity index is 1.86. The monoisotopic (exact) mass is 293 g/mol. The number of carboxylic acid groups (broad SMARTS) is 1. The highest BCUT2D eigenvalue weighted by Crippen LogP contribution is 2.30. The van der Waals surface area contributed by atoms with Crippen LogP contribution in [0, 0.1) is 6.92 Å². The van der Waals surface area contributed by atoms with Crippen molar-refractivity contribution in [1.29, 1.82) is 0 Å². The van der Waals surface area contributed by atoms with Crippen LogP contribution in [-0.4, -0.2) is 16.1 Å². The van der Waals surface area contributed by atoms with Crippen molar-refractivity contribution in [1.82, 2.24) is 4.98 Å². The van der Waals surface area contributed by atoms with Crippen molar-refractivity contribution in [2.45, 2.75) is 6.92 Å². The topological polar surface area (TPSA) is 76.5 Å². The average Bonchev–Trinajstić information content (AvgIpc) is 3.08. The fourth-order valence-corrected chi connectivity index (χ4v) is 2.43. The maximum atomic E-state index is 11.0. The number of aryl methyl sites for hydroxylation is 1. The number of furan rings is 1. The van der Waals surface area contributed by atoms with Crippen molar-refractivity contribution >= 4 is 28.0 Å². The first-order valence-corrected chi connectivity index (χ1v) is 6.74. The molecule has 0 radical (unpaired) electrons. The lowest BCUT2D eigenvalue weighted by molar-refractivity contribution is 0.0697. The summed E-state index contributed by atoms with van der Waals surface area (Å²) in [5.41, 5.74) is 3.08. The maximum absolute atomic E-state index is 11.0. The van der Waals surface area contributed by atoms with Crippen LogP contribution in [0.2, 0.25) is 0 Å². The van der Waals surface area contributed by atoms with E-state index >= 15 is 0 Å². The summed E-state index contributed by atoms with van der Waals surface area (Å²) in [7, 11) is 0. The molecule has 2 aromatic heterocycles. The number of aromatic nitrogens is 1. The molecular formula is C17H11NO4. The summed E-state index contributed by atoms with van der Waals surface area (Å²) in [5, 5.41) is 9.98. The summed E-state index contributed by atoms with van der Waals surface area (Å²) in [6, 6.07) is 12.3. The first-order valence-electron chi connectivity index (χ1n) is 6.74. The number of aromatic carboxylic acids is 1. The summed E-state index contributed by atoms with van der Waals surface area (Å²) in [5.74, 6) is -0.140. The van der Waals surface area contributed by atoms with Gasteiger partial charge in [-0.25, -0.2) is 9.78 Å². The van der Waals surface area contributed by atoms with Gasteiger partial charge in [0.2, 0.25) is 0 Å². The van der Waals surface area contributed by atoms with Crippen molar-refractivity contribution in [2.75, 3.05) is 0 Å². The SMILES string of the molecule is Cc1ccc2oc(-c3nc4ccc(C(=O)O)cc4o3)cc2c1. The molecule has 0 amide bonds. The lowest BCUT2D eigenvalue weighted by atomic mass is 10.2. The molecule has 0 aliphatic carbocycles. The molecule has 5 nitrogen and oxygen atoms in total. The smallest absolute Gasteiger partial charge is 0.335 e. The normalized spacial score (nSPS) is 11.3. The van der Waals surface area contributed by atoms with Crippen molar-refractivity contribution in [3.8, 4) is 11.7 Å². The molecule has 22 heavy (non-hydrogen) atoms. The van der Waals surface area contributed by atoms with E-state index in [2.05, 4.69) is 4.98 Å².